The first-order chi connectivity index (χ1) is 16.6. The molecule has 6 heteroatoms. The zero-order valence-electron chi connectivity index (χ0n) is 21.4. The van der Waals surface area contributed by atoms with Crippen molar-refractivity contribution in [2.45, 2.75) is 93.1 Å². The molecule has 2 saturated heterocycles. The van der Waals surface area contributed by atoms with Gasteiger partial charge in [-0.05, 0) is 88.6 Å². The predicted octanol–water partition coefficient (Wildman–Crippen LogP) is 4.49. The number of halogens is 1. The van der Waals surface area contributed by atoms with Crippen molar-refractivity contribution in [1.29, 1.82) is 0 Å². The third-order valence-corrected chi connectivity index (χ3v) is 11.4. The zero-order chi connectivity index (χ0) is 24.8. The summed E-state index contributed by atoms with van der Waals surface area (Å²) in [6.07, 6.45) is 13.3. The molecule has 190 valence electrons. The van der Waals surface area contributed by atoms with Crippen molar-refractivity contribution < 1.29 is 14.9 Å². The Morgan fingerprint density at radius 1 is 1.11 bits per heavy atom. The minimum Gasteiger partial charge on any atom is -0.390 e. The maximum absolute atomic E-state index is 11.3. The molecule has 35 heavy (non-hydrogen) atoms. The number of nitrogens with zero attached hydrogens (tertiary/aromatic N) is 2. The second-order valence-corrected chi connectivity index (χ2v) is 13.1. The highest BCUT2D eigenvalue weighted by Crippen LogP contribution is 2.72. The number of allylic oxidation sites excluding steroid dienone is 3. The number of hydrogen-bond acceptors (Lipinski definition) is 5. The summed E-state index contributed by atoms with van der Waals surface area (Å²) < 4.78 is 7.29. The van der Waals surface area contributed by atoms with E-state index in [4.69, 9.17) is 16.3 Å². The molecular formula is C29H39ClN2O3. The Labute approximate surface area is 214 Å². The molecule has 2 spiro atoms. The topological polar surface area (TPSA) is 65.8 Å². The average Bonchev–Trinajstić information content (AvgIpc) is 3.34. The fourth-order valence-electron chi connectivity index (χ4n) is 8.70. The SMILES string of the molecule is Cc1ncccc1C=CC1=CCC2C1(C)CCC1(Cl)CC3C(O)C(O)C(N(C)C)CC34CCC21O4. The quantitative estimate of drug-likeness (QED) is 0.601. The highest BCUT2D eigenvalue weighted by molar-refractivity contribution is 6.25. The Hall–Kier alpha value is -1.24. The summed E-state index contributed by atoms with van der Waals surface area (Å²) in [7, 11) is 3.97. The lowest BCUT2D eigenvalue weighted by Crippen LogP contribution is -2.72. The number of hydrogen-bond donors (Lipinski definition) is 2. The van der Waals surface area contributed by atoms with Gasteiger partial charge in [0.05, 0.1) is 28.3 Å². The molecule has 4 fully saturated rings. The van der Waals surface area contributed by atoms with E-state index in [-0.39, 0.29) is 17.4 Å². The van der Waals surface area contributed by atoms with Crippen LogP contribution in [0.5, 0.6) is 0 Å². The number of alkyl halides is 1. The first-order valence-electron chi connectivity index (χ1n) is 13.3. The van der Waals surface area contributed by atoms with Gasteiger partial charge in [-0.15, -0.1) is 11.6 Å². The van der Waals surface area contributed by atoms with Crippen LogP contribution in [0.3, 0.4) is 0 Å². The van der Waals surface area contributed by atoms with Gasteiger partial charge >= 0.3 is 0 Å². The average molecular weight is 499 g/mol. The van der Waals surface area contributed by atoms with Crippen LogP contribution in [0.1, 0.15) is 63.1 Å². The molecule has 1 aromatic heterocycles. The van der Waals surface area contributed by atoms with Crippen molar-refractivity contribution in [3.05, 3.63) is 47.3 Å². The highest BCUT2D eigenvalue weighted by atomic mass is 35.5. The molecule has 2 saturated carbocycles. The maximum atomic E-state index is 11.3. The summed E-state index contributed by atoms with van der Waals surface area (Å²) in [5.74, 6) is 0.200. The normalized spacial score (nSPS) is 48.6. The molecule has 9 atom stereocenters. The van der Waals surface area contributed by atoms with Crippen LogP contribution in [0.15, 0.2) is 36.1 Å². The fraction of sp³-hybridized carbons (Fsp3) is 0.690. The third-order valence-electron chi connectivity index (χ3n) is 10.8. The van der Waals surface area contributed by atoms with Gasteiger partial charge in [-0.2, -0.15) is 0 Å². The second-order valence-electron chi connectivity index (χ2n) is 12.4. The lowest BCUT2D eigenvalue weighted by molar-refractivity contribution is -0.277. The molecule has 6 rings (SSSR count). The minimum absolute atomic E-state index is 0.0110. The molecule has 0 amide bonds. The Morgan fingerprint density at radius 3 is 2.66 bits per heavy atom. The molecule has 2 aliphatic heterocycles. The van der Waals surface area contributed by atoms with Crippen LogP contribution >= 0.6 is 11.6 Å². The van der Waals surface area contributed by atoms with Gasteiger partial charge in [-0.3, -0.25) is 4.98 Å². The van der Waals surface area contributed by atoms with Crippen LogP contribution in [0.4, 0.5) is 0 Å². The van der Waals surface area contributed by atoms with Crippen LogP contribution in [0.25, 0.3) is 6.08 Å². The van der Waals surface area contributed by atoms with E-state index in [1.54, 1.807) is 0 Å². The molecule has 0 radical (unpaired) electrons. The summed E-state index contributed by atoms with van der Waals surface area (Å²) in [4.78, 5) is 5.98. The molecule has 2 bridgehead atoms. The maximum Gasteiger partial charge on any atom is 0.0958 e. The van der Waals surface area contributed by atoms with Crippen LogP contribution in [-0.2, 0) is 4.74 Å². The monoisotopic (exact) mass is 498 g/mol. The van der Waals surface area contributed by atoms with Crippen molar-refractivity contribution in [2.75, 3.05) is 14.1 Å². The van der Waals surface area contributed by atoms with E-state index < -0.39 is 28.3 Å². The predicted molar refractivity (Wildman–Crippen MR) is 138 cm³/mol. The molecule has 9 unspecified atom stereocenters. The molecule has 0 aromatic carbocycles. The molecule has 3 aliphatic carbocycles. The van der Waals surface area contributed by atoms with Crippen LogP contribution < -0.4 is 0 Å². The molecule has 2 N–H and O–H groups in total. The van der Waals surface area contributed by atoms with Gasteiger partial charge in [0.1, 0.15) is 0 Å². The number of ether oxygens (including phenoxy) is 1. The number of fused-ring (bicyclic) bond motifs is 1. The van der Waals surface area contributed by atoms with E-state index in [0.29, 0.717) is 5.92 Å². The first-order valence-corrected chi connectivity index (χ1v) is 13.7. The number of aliphatic hydroxyl groups excluding tert-OH is 2. The van der Waals surface area contributed by atoms with Gasteiger partial charge < -0.3 is 19.8 Å². The first kappa shape index (κ1) is 24.1. The second kappa shape index (κ2) is 7.88. The van der Waals surface area contributed by atoms with E-state index in [1.807, 2.05) is 31.3 Å². The lowest BCUT2D eigenvalue weighted by Gasteiger charge is -2.65. The Bertz CT molecular complexity index is 1090. The molecule has 5 aliphatic rings. The summed E-state index contributed by atoms with van der Waals surface area (Å²) in [5, 5.41) is 22.2. The van der Waals surface area contributed by atoms with Gasteiger partial charge in [-0.1, -0.05) is 31.2 Å². The van der Waals surface area contributed by atoms with Crippen LogP contribution in [0, 0.1) is 24.2 Å². The Balaban J connectivity index is 1.33. The summed E-state index contributed by atoms with van der Waals surface area (Å²) in [6.45, 7) is 4.46. The largest absolute Gasteiger partial charge is 0.390 e. The Morgan fingerprint density at radius 2 is 1.91 bits per heavy atom. The highest BCUT2D eigenvalue weighted by Gasteiger charge is 2.76. The molecule has 3 heterocycles. The third kappa shape index (κ3) is 3.18. The van der Waals surface area contributed by atoms with Crippen molar-refractivity contribution in [1.82, 2.24) is 9.88 Å². The fourth-order valence-corrected chi connectivity index (χ4v) is 9.23. The number of aromatic nitrogens is 1. The van der Waals surface area contributed by atoms with Crippen molar-refractivity contribution >= 4 is 17.7 Å². The van der Waals surface area contributed by atoms with Crippen molar-refractivity contribution in [3.63, 3.8) is 0 Å². The van der Waals surface area contributed by atoms with E-state index in [0.717, 1.165) is 56.2 Å². The summed E-state index contributed by atoms with van der Waals surface area (Å²) >= 11 is 7.58. The molecule has 1 aromatic rings. The van der Waals surface area contributed by atoms with E-state index >= 15 is 0 Å². The van der Waals surface area contributed by atoms with Crippen molar-refractivity contribution in [3.8, 4) is 0 Å². The lowest BCUT2D eigenvalue weighted by atomic mass is 9.53. The number of likely N-dealkylation sites (N-methyl/N-ethyl adjacent to an activating group) is 1. The van der Waals surface area contributed by atoms with Gasteiger partial charge in [0.2, 0.25) is 0 Å². The van der Waals surface area contributed by atoms with E-state index in [9.17, 15) is 10.2 Å². The standard InChI is InChI=1S/C29H39ClN2O3/c1-18-19(6-5-15-31-18)7-8-20-9-10-23-26(20,2)11-13-28(30)16-21-24(33)25(34)22(32(3)4)17-27(21)12-14-29(23,28)35-27/h5-9,15,21-25,33-34H,10-14,16-17H2,1-4H3. The van der Waals surface area contributed by atoms with E-state index in [1.165, 1.54) is 5.57 Å². The van der Waals surface area contributed by atoms with Gasteiger partial charge in [0.15, 0.2) is 0 Å². The molecular weight excluding hydrogens is 460 g/mol. The van der Waals surface area contributed by atoms with E-state index in [2.05, 4.69) is 43.1 Å². The smallest absolute Gasteiger partial charge is 0.0958 e. The number of aliphatic hydroxyl groups is 2. The van der Waals surface area contributed by atoms with Gasteiger partial charge in [0.25, 0.3) is 0 Å². The van der Waals surface area contributed by atoms with Crippen molar-refractivity contribution in [2.24, 2.45) is 17.3 Å². The minimum atomic E-state index is -0.806. The van der Waals surface area contributed by atoms with Gasteiger partial charge in [-0.25, -0.2) is 0 Å². The summed E-state index contributed by atoms with van der Waals surface area (Å²) in [6, 6.07) is 3.99. The number of aryl methyl sites for hydroxylation is 1. The molecule has 5 nitrogen and oxygen atoms in total. The van der Waals surface area contributed by atoms with Gasteiger partial charge in [0, 0.05) is 29.8 Å². The number of pyridine rings is 1. The van der Waals surface area contributed by atoms with Crippen LogP contribution in [0.2, 0.25) is 0 Å². The Kier molecular flexibility index (Phi) is 5.43. The van der Waals surface area contributed by atoms with Crippen LogP contribution in [-0.4, -0.2) is 68.5 Å². The zero-order valence-corrected chi connectivity index (χ0v) is 22.1. The number of rotatable bonds is 3. The summed E-state index contributed by atoms with van der Waals surface area (Å²) in [5.41, 5.74) is 2.79.